The summed E-state index contributed by atoms with van der Waals surface area (Å²) in [7, 11) is 0. The molecule has 0 aliphatic carbocycles. The Kier molecular flexibility index (Phi) is 4.06. The van der Waals surface area contributed by atoms with Crippen LogP contribution in [0.15, 0.2) is 42.5 Å². The van der Waals surface area contributed by atoms with Crippen molar-refractivity contribution in [3.05, 3.63) is 42.5 Å². The van der Waals surface area contributed by atoms with Gasteiger partial charge in [-0.3, -0.25) is 0 Å². The highest BCUT2D eigenvalue weighted by atomic mass is 16.5. The molecule has 1 aromatic carbocycles. The Morgan fingerprint density at radius 3 is 2.60 bits per heavy atom. The van der Waals surface area contributed by atoms with E-state index in [1.807, 2.05) is 6.07 Å². The highest BCUT2D eigenvalue weighted by molar-refractivity contribution is 5.90. The van der Waals surface area contributed by atoms with E-state index in [-0.39, 0.29) is 5.57 Å². The lowest BCUT2D eigenvalue weighted by Gasteiger charge is -2.10. The zero-order valence-electron chi connectivity index (χ0n) is 8.64. The molecule has 0 radical (unpaired) electrons. The molecule has 0 amide bonds. The Hall–Kier alpha value is -1.61. The third-order valence-corrected chi connectivity index (χ3v) is 2.00. The number of carbonyl (C=O) groups is 1. The van der Waals surface area contributed by atoms with Crippen molar-refractivity contribution in [1.82, 2.24) is 0 Å². The molecule has 3 nitrogen and oxygen atoms in total. The van der Waals surface area contributed by atoms with Crippen molar-refractivity contribution < 1.29 is 14.6 Å². The van der Waals surface area contributed by atoms with Crippen LogP contribution in [-0.2, 0) is 4.79 Å². The molecule has 80 valence electrons. The molecular weight excluding hydrogens is 192 g/mol. The van der Waals surface area contributed by atoms with Gasteiger partial charge in [0, 0.05) is 0 Å². The van der Waals surface area contributed by atoms with Crippen LogP contribution in [0.2, 0.25) is 0 Å². The number of carbonyl (C=O) groups excluding carboxylic acids is 1. The number of benzene rings is 1. The van der Waals surface area contributed by atoms with Crippen LogP contribution in [0.3, 0.4) is 0 Å². The predicted octanol–water partition coefficient (Wildman–Crippen LogP) is 1.92. The number of aliphatic hydroxyl groups is 1. The van der Waals surface area contributed by atoms with Crippen molar-refractivity contribution in [2.75, 3.05) is 0 Å². The second kappa shape index (κ2) is 5.32. The van der Waals surface area contributed by atoms with Crippen LogP contribution < -0.4 is 4.74 Å². The number of esters is 1. The van der Waals surface area contributed by atoms with E-state index in [0.717, 1.165) is 0 Å². The fourth-order valence-corrected chi connectivity index (χ4v) is 1.04. The maximum atomic E-state index is 11.4. The summed E-state index contributed by atoms with van der Waals surface area (Å²) in [4.78, 5) is 11.4. The molecule has 0 saturated carbocycles. The average molecular weight is 206 g/mol. The average Bonchev–Trinajstić information content (AvgIpc) is 2.28. The lowest BCUT2D eigenvalue weighted by atomic mass is 10.1. The van der Waals surface area contributed by atoms with E-state index in [9.17, 15) is 9.90 Å². The minimum atomic E-state index is -0.832. The summed E-state index contributed by atoms with van der Waals surface area (Å²) in [5.74, 6) is -0.137. The predicted molar refractivity (Wildman–Crippen MR) is 57.5 cm³/mol. The van der Waals surface area contributed by atoms with Crippen molar-refractivity contribution in [2.24, 2.45) is 0 Å². The second-order valence-corrected chi connectivity index (χ2v) is 3.15. The third-order valence-electron chi connectivity index (χ3n) is 2.00. The van der Waals surface area contributed by atoms with E-state index < -0.39 is 12.1 Å². The Labute approximate surface area is 89.0 Å². The van der Waals surface area contributed by atoms with Gasteiger partial charge in [-0.1, -0.05) is 31.7 Å². The first-order chi connectivity index (χ1) is 7.15. The molecule has 0 spiro atoms. The number of aliphatic hydroxyl groups excluding tert-OH is 1. The number of para-hydroxylation sites is 1. The summed E-state index contributed by atoms with van der Waals surface area (Å²) < 4.78 is 5.00. The van der Waals surface area contributed by atoms with Crippen LogP contribution in [0, 0.1) is 0 Å². The quantitative estimate of drug-likeness (QED) is 0.465. The van der Waals surface area contributed by atoms with Gasteiger partial charge in [-0.05, 0) is 18.6 Å². The Bertz CT molecular complexity index is 343. The molecule has 0 bridgehead atoms. The van der Waals surface area contributed by atoms with E-state index >= 15 is 0 Å². The van der Waals surface area contributed by atoms with E-state index in [4.69, 9.17) is 4.74 Å². The highest BCUT2D eigenvalue weighted by Crippen LogP contribution is 2.12. The van der Waals surface area contributed by atoms with E-state index in [2.05, 4.69) is 6.58 Å². The minimum Gasteiger partial charge on any atom is -0.423 e. The highest BCUT2D eigenvalue weighted by Gasteiger charge is 2.16. The lowest BCUT2D eigenvalue weighted by molar-refractivity contribution is -0.131. The number of hydrogen-bond acceptors (Lipinski definition) is 3. The summed E-state index contributed by atoms with van der Waals surface area (Å²) in [6.07, 6.45) is -0.385. The van der Waals surface area contributed by atoms with Gasteiger partial charge in [0.05, 0.1) is 11.7 Å². The van der Waals surface area contributed by atoms with Crippen LogP contribution in [0.4, 0.5) is 0 Å². The molecule has 0 fully saturated rings. The van der Waals surface area contributed by atoms with Gasteiger partial charge in [0.2, 0.25) is 0 Å². The number of hydrogen-bond donors (Lipinski definition) is 1. The largest absolute Gasteiger partial charge is 0.423 e. The van der Waals surface area contributed by atoms with Gasteiger partial charge >= 0.3 is 5.97 Å². The molecule has 1 rings (SSSR count). The Morgan fingerprint density at radius 1 is 1.47 bits per heavy atom. The zero-order chi connectivity index (χ0) is 11.3. The summed E-state index contributed by atoms with van der Waals surface area (Å²) in [5.41, 5.74) is 0.0846. The molecule has 0 aromatic heterocycles. The molecule has 1 N–H and O–H groups in total. The molecule has 15 heavy (non-hydrogen) atoms. The molecule has 1 unspecified atom stereocenters. The van der Waals surface area contributed by atoms with Crippen LogP contribution in [0.5, 0.6) is 5.75 Å². The van der Waals surface area contributed by atoms with E-state index in [1.54, 1.807) is 31.2 Å². The van der Waals surface area contributed by atoms with E-state index in [0.29, 0.717) is 12.2 Å². The van der Waals surface area contributed by atoms with Gasteiger partial charge in [-0.25, -0.2) is 4.79 Å². The lowest BCUT2D eigenvalue weighted by Crippen LogP contribution is -2.20. The summed E-state index contributed by atoms with van der Waals surface area (Å²) in [6, 6.07) is 8.70. The van der Waals surface area contributed by atoms with Crippen molar-refractivity contribution in [3.63, 3.8) is 0 Å². The maximum Gasteiger partial charge on any atom is 0.341 e. The first kappa shape index (κ1) is 11.5. The first-order valence-corrected chi connectivity index (χ1v) is 4.79. The van der Waals surface area contributed by atoms with Crippen LogP contribution in [-0.4, -0.2) is 17.2 Å². The topological polar surface area (TPSA) is 46.5 Å². The molecule has 1 atom stereocenters. The summed E-state index contributed by atoms with van der Waals surface area (Å²) in [5, 5.41) is 9.37. The van der Waals surface area contributed by atoms with Crippen molar-refractivity contribution in [2.45, 2.75) is 19.4 Å². The summed E-state index contributed by atoms with van der Waals surface area (Å²) in [6.45, 7) is 5.27. The van der Waals surface area contributed by atoms with Gasteiger partial charge < -0.3 is 9.84 Å². The van der Waals surface area contributed by atoms with Gasteiger partial charge in [-0.2, -0.15) is 0 Å². The van der Waals surface area contributed by atoms with Gasteiger partial charge in [0.1, 0.15) is 5.75 Å². The van der Waals surface area contributed by atoms with Crippen molar-refractivity contribution >= 4 is 5.97 Å². The molecule has 0 heterocycles. The Balaban J connectivity index is 2.60. The van der Waals surface area contributed by atoms with Crippen LogP contribution >= 0.6 is 0 Å². The molecule has 0 saturated heterocycles. The number of rotatable bonds is 4. The third kappa shape index (κ3) is 3.22. The van der Waals surface area contributed by atoms with Gasteiger partial charge in [0.25, 0.3) is 0 Å². The zero-order valence-corrected chi connectivity index (χ0v) is 8.64. The summed E-state index contributed by atoms with van der Waals surface area (Å²) >= 11 is 0. The van der Waals surface area contributed by atoms with Crippen LogP contribution in [0.25, 0.3) is 0 Å². The molecule has 0 aliphatic heterocycles. The monoisotopic (exact) mass is 206 g/mol. The molecule has 0 aliphatic rings. The van der Waals surface area contributed by atoms with E-state index in [1.165, 1.54) is 0 Å². The smallest absolute Gasteiger partial charge is 0.341 e. The fourth-order valence-electron chi connectivity index (χ4n) is 1.04. The molecule has 3 heteroatoms. The minimum absolute atomic E-state index is 0.0846. The van der Waals surface area contributed by atoms with Crippen molar-refractivity contribution in [3.8, 4) is 5.75 Å². The standard InChI is InChI=1S/C12H14O3/c1-3-11(13)9(2)12(14)15-10-7-5-4-6-8-10/h4-8,11,13H,2-3H2,1H3. The fraction of sp³-hybridized carbons (Fsp3) is 0.250. The van der Waals surface area contributed by atoms with Gasteiger partial charge in [0.15, 0.2) is 0 Å². The normalized spacial score (nSPS) is 11.9. The molecular formula is C12H14O3. The first-order valence-electron chi connectivity index (χ1n) is 4.79. The van der Waals surface area contributed by atoms with Crippen LogP contribution in [0.1, 0.15) is 13.3 Å². The molecule has 1 aromatic rings. The van der Waals surface area contributed by atoms with Crippen molar-refractivity contribution in [1.29, 1.82) is 0 Å². The number of ether oxygens (including phenoxy) is 1. The second-order valence-electron chi connectivity index (χ2n) is 3.15. The SMILES string of the molecule is C=C(C(=O)Oc1ccccc1)C(O)CC. The van der Waals surface area contributed by atoms with Gasteiger partial charge in [-0.15, -0.1) is 0 Å². The maximum absolute atomic E-state index is 11.4. The Morgan fingerprint density at radius 2 is 2.07 bits per heavy atom.